The van der Waals surface area contributed by atoms with Crippen LogP contribution in [0.15, 0.2) is 34.2 Å². The molecule has 1 aliphatic rings. The van der Waals surface area contributed by atoms with Crippen LogP contribution in [0.2, 0.25) is 0 Å². The van der Waals surface area contributed by atoms with Crippen molar-refractivity contribution in [2.75, 3.05) is 33.4 Å². The van der Waals surface area contributed by atoms with E-state index in [2.05, 4.69) is 22.5 Å². The SMILES string of the molecule is CCOCCC1(CNC(=NC)NCCCCn2ccccc2=O)CCCC1. The van der Waals surface area contributed by atoms with Crippen molar-refractivity contribution in [1.82, 2.24) is 15.2 Å². The highest BCUT2D eigenvalue weighted by Gasteiger charge is 2.33. The molecule has 0 atom stereocenters. The van der Waals surface area contributed by atoms with Crippen LogP contribution in [0.4, 0.5) is 0 Å². The van der Waals surface area contributed by atoms with Gasteiger partial charge in [0.1, 0.15) is 0 Å². The number of ether oxygens (including phenoxy) is 1. The Morgan fingerprint density at radius 3 is 2.78 bits per heavy atom. The third-order valence-corrected chi connectivity index (χ3v) is 5.52. The van der Waals surface area contributed by atoms with Crippen molar-refractivity contribution in [3.63, 3.8) is 0 Å². The highest BCUT2D eigenvalue weighted by molar-refractivity contribution is 5.79. The lowest BCUT2D eigenvalue weighted by Gasteiger charge is -2.30. The molecule has 0 unspecified atom stereocenters. The zero-order valence-electron chi connectivity index (χ0n) is 17.0. The Balaban J connectivity index is 1.67. The standard InChI is InChI=1S/C21H36N4O2/c1-3-27-17-13-21(11-5-6-12-21)18-24-20(22-2)23-14-7-9-16-25-15-8-4-10-19(25)26/h4,8,10,15H,3,5-7,9,11-14,16-18H2,1-2H3,(H2,22,23,24). The Bertz CT molecular complexity index is 621. The number of hydrogen-bond donors (Lipinski definition) is 2. The van der Waals surface area contributed by atoms with Crippen LogP contribution in [0.25, 0.3) is 0 Å². The minimum absolute atomic E-state index is 0.0665. The van der Waals surface area contributed by atoms with Crippen LogP contribution >= 0.6 is 0 Å². The zero-order valence-corrected chi connectivity index (χ0v) is 17.0. The Labute approximate surface area is 163 Å². The molecule has 0 saturated heterocycles. The quantitative estimate of drug-likeness (QED) is 0.354. The number of pyridine rings is 1. The van der Waals surface area contributed by atoms with Gasteiger partial charge in [0.2, 0.25) is 5.56 Å². The number of rotatable bonds is 11. The average Bonchev–Trinajstić information content (AvgIpc) is 3.14. The van der Waals surface area contributed by atoms with Crippen molar-refractivity contribution >= 4 is 5.96 Å². The maximum Gasteiger partial charge on any atom is 0.250 e. The second-order valence-electron chi connectivity index (χ2n) is 7.45. The molecule has 1 aliphatic carbocycles. The first kappa shape index (κ1) is 21.5. The van der Waals surface area contributed by atoms with Gasteiger partial charge in [-0.1, -0.05) is 18.9 Å². The van der Waals surface area contributed by atoms with Crippen molar-refractivity contribution < 1.29 is 4.74 Å². The summed E-state index contributed by atoms with van der Waals surface area (Å²) >= 11 is 0. The van der Waals surface area contributed by atoms with E-state index in [-0.39, 0.29) is 5.56 Å². The average molecular weight is 377 g/mol. The molecule has 0 aromatic carbocycles. The van der Waals surface area contributed by atoms with E-state index in [0.717, 1.165) is 58.1 Å². The number of nitrogens with one attached hydrogen (secondary N) is 2. The molecular weight excluding hydrogens is 340 g/mol. The summed E-state index contributed by atoms with van der Waals surface area (Å²) in [5.41, 5.74) is 0.415. The van der Waals surface area contributed by atoms with E-state index in [4.69, 9.17) is 4.74 Å². The molecule has 2 N–H and O–H groups in total. The minimum atomic E-state index is 0.0665. The number of nitrogens with zero attached hydrogens (tertiary/aromatic N) is 2. The fourth-order valence-electron chi connectivity index (χ4n) is 3.82. The molecule has 1 aromatic heterocycles. The third kappa shape index (κ3) is 7.37. The van der Waals surface area contributed by atoms with Gasteiger partial charge in [0.25, 0.3) is 0 Å². The first-order valence-corrected chi connectivity index (χ1v) is 10.4. The molecule has 1 saturated carbocycles. The largest absolute Gasteiger partial charge is 0.382 e. The molecule has 1 aromatic rings. The van der Waals surface area contributed by atoms with Gasteiger partial charge >= 0.3 is 0 Å². The van der Waals surface area contributed by atoms with Crippen molar-refractivity contribution in [3.8, 4) is 0 Å². The molecule has 0 radical (unpaired) electrons. The molecule has 0 aliphatic heterocycles. The molecule has 0 spiro atoms. The molecule has 152 valence electrons. The maximum absolute atomic E-state index is 11.7. The highest BCUT2D eigenvalue weighted by atomic mass is 16.5. The summed E-state index contributed by atoms with van der Waals surface area (Å²) in [6, 6.07) is 5.28. The predicted octanol–water partition coefficient (Wildman–Crippen LogP) is 2.78. The van der Waals surface area contributed by atoms with E-state index in [1.165, 1.54) is 25.7 Å². The van der Waals surface area contributed by atoms with Gasteiger partial charge in [0.05, 0.1) is 0 Å². The van der Waals surface area contributed by atoms with Crippen LogP contribution < -0.4 is 16.2 Å². The Hall–Kier alpha value is -1.82. The van der Waals surface area contributed by atoms with E-state index in [1.54, 1.807) is 16.7 Å². The van der Waals surface area contributed by atoms with Gasteiger partial charge in [-0.2, -0.15) is 0 Å². The van der Waals surface area contributed by atoms with Gasteiger partial charge in [0.15, 0.2) is 5.96 Å². The third-order valence-electron chi connectivity index (χ3n) is 5.52. The predicted molar refractivity (Wildman–Crippen MR) is 111 cm³/mol. The second-order valence-corrected chi connectivity index (χ2v) is 7.45. The van der Waals surface area contributed by atoms with E-state index < -0.39 is 0 Å². The van der Waals surface area contributed by atoms with Crippen LogP contribution in [-0.2, 0) is 11.3 Å². The van der Waals surface area contributed by atoms with Crippen LogP contribution in [0.1, 0.15) is 51.9 Å². The van der Waals surface area contributed by atoms with Crippen LogP contribution in [-0.4, -0.2) is 43.9 Å². The number of unbranched alkanes of at least 4 members (excludes halogenated alkanes) is 1. The van der Waals surface area contributed by atoms with Gasteiger partial charge < -0.3 is 19.9 Å². The van der Waals surface area contributed by atoms with Gasteiger partial charge in [-0.3, -0.25) is 9.79 Å². The smallest absolute Gasteiger partial charge is 0.250 e. The van der Waals surface area contributed by atoms with Gasteiger partial charge in [-0.15, -0.1) is 0 Å². The number of aryl methyl sites for hydroxylation is 1. The summed E-state index contributed by atoms with van der Waals surface area (Å²) in [7, 11) is 1.82. The highest BCUT2D eigenvalue weighted by Crippen LogP contribution is 2.40. The molecular formula is C21H36N4O2. The molecule has 27 heavy (non-hydrogen) atoms. The molecule has 1 heterocycles. The zero-order chi connectivity index (χ0) is 19.4. The van der Waals surface area contributed by atoms with Gasteiger partial charge in [-0.25, -0.2) is 0 Å². The number of guanidine groups is 1. The normalized spacial score (nSPS) is 16.4. The Kier molecular flexibility index (Phi) is 9.39. The molecule has 0 bridgehead atoms. The topological polar surface area (TPSA) is 67.7 Å². The second kappa shape index (κ2) is 11.8. The van der Waals surface area contributed by atoms with Crippen LogP contribution in [0, 0.1) is 5.41 Å². The Morgan fingerprint density at radius 2 is 2.07 bits per heavy atom. The molecule has 6 nitrogen and oxygen atoms in total. The number of hydrogen-bond acceptors (Lipinski definition) is 3. The fraction of sp³-hybridized carbons (Fsp3) is 0.714. The van der Waals surface area contributed by atoms with E-state index in [9.17, 15) is 4.79 Å². The van der Waals surface area contributed by atoms with Crippen molar-refractivity contribution in [2.24, 2.45) is 10.4 Å². The summed E-state index contributed by atoms with van der Waals surface area (Å²) in [5, 5.41) is 6.92. The molecule has 2 rings (SSSR count). The number of aromatic nitrogens is 1. The van der Waals surface area contributed by atoms with Crippen molar-refractivity contribution in [3.05, 3.63) is 34.7 Å². The minimum Gasteiger partial charge on any atom is -0.382 e. The number of aliphatic imine (C=N–C) groups is 1. The molecule has 0 amide bonds. The van der Waals surface area contributed by atoms with Crippen LogP contribution in [0.3, 0.4) is 0 Å². The van der Waals surface area contributed by atoms with Crippen LogP contribution in [0.5, 0.6) is 0 Å². The van der Waals surface area contributed by atoms with Gasteiger partial charge in [-0.05, 0) is 50.5 Å². The first-order valence-electron chi connectivity index (χ1n) is 10.4. The van der Waals surface area contributed by atoms with Crippen molar-refractivity contribution in [1.29, 1.82) is 0 Å². The lowest BCUT2D eigenvalue weighted by Crippen LogP contribution is -2.43. The summed E-state index contributed by atoms with van der Waals surface area (Å²) in [6.45, 7) is 6.27. The lowest BCUT2D eigenvalue weighted by molar-refractivity contribution is 0.105. The van der Waals surface area contributed by atoms with Gasteiger partial charge in [0, 0.05) is 52.2 Å². The Morgan fingerprint density at radius 1 is 1.26 bits per heavy atom. The maximum atomic E-state index is 11.7. The fourth-order valence-corrected chi connectivity index (χ4v) is 3.82. The summed E-state index contributed by atoms with van der Waals surface area (Å²) in [6.07, 6.45) is 10.1. The van der Waals surface area contributed by atoms with Crippen molar-refractivity contribution in [2.45, 2.75) is 58.4 Å². The monoisotopic (exact) mass is 376 g/mol. The van der Waals surface area contributed by atoms with E-state index in [0.29, 0.717) is 5.41 Å². The summed E-state index contributed by atoms with van der Waals surface area (Å²) in [4.78, 5) is 16.0. The van der Waals surface area contributed by atoms with E-state index >= 15 is 0 Å². The summed E-state index contributed by atoms with van der Waals surface area (Å²) in [5.74, 6) is 0.870. The molecule has 6 heteroatoms. The lowest BCUT2D eigenvalue weighted by atomic mass is 9.83. The molecule has 1 fully saturated rings. The van der Waals surface area contributed by atoms with E-state index in [1.807, 2.05) is 19.3 Å². The first-order chi connectivity index (χ1) is 13.2. The summed E-state index contributed by atoms with van der Waals surface area (Å²) < 4.78 is 7.35.